The molecule has 1 aromatic heterocycles. The van der Waals surface area contributed by atoms with Gasteiger partial charge in [0.2, 0.25) is 11.8 Å². The standard InChI is InChI=1S/C17H27N5O3/c1-17(2,3)13-11-12(20(5)19-13)16(25)22-10-6-9-21(22)15(24)8-7-14(23)18-4/h11H,6-10H2,1-5H3,(H,18,23). The van der Waals surface area contributed by atoms with Crippen LogP contribution in [0.2, 0.25) is 0 Å². The number of hydrazine groups is 1. The lowest BCUT2D eigenvalue weighted by Gasteiger charge is -2.27. The Balaban J connectivity index is 2.14. The van der Waals surface area contributed by atoms with Crippen molar-refractivity contribution < 1.29 is 14.4 Å². The Morgan fingerprint density at radius 1 is 1.16 bits per heavy atom. The molecule has 1 saturated heterocycles. The molecule has 0 aliphatic carbocycles. The third kappa shape index (κ3) is 4.18. The molecule has 1 aliphatic rings. The van der Waals surface area contributed by atoms with Gasteiger partial charge in [-0.1, -0.05) is 20.8 Å². The predicted molar refractivity (Wildman–Crippen MR) is 92.6 cm³/mol. The number of aryl methyl sites for hydroxylation is 1. The van der Waals surface area contributed by atoms with Gasteiger partial charge in [-0.3, -0.25) is 24.1 Å². The topological polar surface area (TPSA) is 87.5 Å². The molecule has 0 bridgehead atoms. The zero-order valence-corrected chi connectivity index (χ0v) is 15.6. The highest BCUT2D eigenvalue weighted by Crippen LogP contribution is 2.23. The van der Waals surface area contributed by atoms with Crippen LogP contribution in [0, 0.1) is 0 Å². The van der Waals surface area contributed by atoms with Crippen molar-refractivity contribution in [1.82, 2.24) is 25.1 Å². The maximum absolute atomic E-state index is 12.9. The Labute approximate surface area is 148 Å². The average Bonchev–Trinajstić information content (AvgIpc) is 3.17. The molecule has 1 fully saturated rings. The third-order valence-electron chi connectivity index (χ3n) is 4.27. The maximum atomic E-state index is 12.9. The Kier molecular flexibility index (Phi) is 5.49. The van der Waals surface area contributed by atoms with Crippen LogP contribution in [0.3, 0.4) is 0 Å². The molecule has 1 aromatic rings. The Bertz CT molecular complexity index is 674. The molecule has 0 spiro atoms. The van der Waals surface area contributed by atoms with Crippen LogP contribution in [-0.2, 0) is 22.1 Å². The van der Waals surface area contributed by atoms with Gasteiger partial charge in [-0.2, -0.15) is 5.10 Å². The summed E-state index contributed by atoms with van der Waals surface area (Å²) in [5.41, 5.74) is 1.12. The molecule has 0 saturated carbocycles. The number of amides is 3. The summed E-state index contributed by atoms with van der Waals surface area (Å²) >= 11 is 0. The van der Waals surface area contributed by atoms with E-state index in [0.29, 0.717) is 18.8 Å². The highest BCUT2D eigenvalue weighted by atomic mass is 16.2. The van der Waals surface area contributed by atoms with Gasteiger partial charge in [-0.25, -0.2) is 5.01 Å². The molecule has 25 heavy (non-hydrogen) atoms. The molecule has 8 nitrogen and oxygen atoms in total. The smallest absolute Gasteiger partial charge is 0.290 e. The van der Waals surface area contributed by atoms with E-state index in [2.05, 4.69) is 10.4 Å². The summed E-state index contributed by atoms with van der Waals surface area (Å²) in [6, 6.07) is 1.79. The number of nitrogens with one attached hydrogen (secondary N) is 1. The zero-order chi connectivity index (χ0) is 18.8. The van der Waals surface area contributed by atoms with Crippen LogP contribution >= 0.6 is 0 Å². The first-order chi connectivity index (χ1) is 11.6. The molecular formula is C17H27N5O3. The molecule has 138 valence electrons. The van der Waals surface area contributed by atoms with E-state index in [9.17, 15) is 14.4 Å². The maximum Gasteiger partial charge on any atom is 0.290 e. The quantitative estimate of drug-likeness (QED) is 0.872. The summed E-state index contributed by atoms with van der Waals surface area (Å²) in [4.78, 5) is 36.6. The van der Waals surface area contributed by atoms with Gasteiger partial charge < -0.3 is 5.32 Å². The first kappa shape index (κ1) is 19.0. The molecule has 1 N–H and O–H groups in total. The van der Waals surface area contributed by atoms with Crippen LogP contribution in [0.1, 0.15) is 56.2 Å². The van der Waals surface area contributed by atoms with Crippen LogP contribution in [0.4, 0.5) is 0 Å². The van der Waals surface area contributed by atoms with Crippen molar-refractivity contribution in [3.8, 4) is 0 Å². The Morgan fingerprint density at radius 2 is 1.80 bits per heavy atom. The van der Waals surface area contributed by atoms with Gasteiger partial charge in [0.25, 0.3) is 5.91 Å². The lowest BCUT2D eigenvalue weighted by Crippen LogP contribution is -2.45. The number of nitrogens with zero attached hydrogens (tertiary/aromatic N) is 4. The van der Waals surface area contributed by atoms with E-state index in [-0.39, 0.29) is 36.0 Å². The van der Waals surface area contributed by atoms with E-state index in [1.165, 1.54) is 17.1 Å². The fraction of sp³-hybridized carbons (Fsp3) is 0.647. The highest BCUT2D eigenvalue weighted by Gasteiger charge is 2.33. The molecule has 0 radical (unpaired) electrons. The van der Waals surface area contributed by atoms with Crippen LogP contribution < -0.4 is 5.32 Å². The van der Waals surface area contributed by atoms with Gasteiger partial charge in [0.15, 0.2) is 0 Å². The van der Waals surface area contributed by atoms with E-state index in [1.54, 1.807) is 17.8 Å². The highest BCUT2D eigenvalue weighted by molar-refractivity contribution is 5.94. The second-order valence-corrected chi connectivity index (χ2v) is 7.26. The lowest BCUT2D eigenvalue weighted by molar-refractivity contribution is -0.141. The normalized spacial score (nSPS) is 14.8. The van der Waals surface area contributed by atoms with Gasteiger partial charge >= 0.3 is 0 Å². The molecule has 2 heterocycles. The summed E-state index contributed by atoms with van der Waals surface area (Å²) in [6.45, 7) is 7.08. The zero-order valence-electron chi connectivity index (χ0n) is 15.6. The minimum absolute atomic E-state index is 0.0854. The lowest BCUT2D eigenvalue weighted by atomic mass is 9.92. The predicted octanol–water partition coefficient (Wildman–Crippen LogP) is 0.833. The van der Waals surface area contributed by atoms with Gasteiger partial charge in [0, 0.05) is 45.4 Å². The summed E-state index contributed by atoms with van der Waals surface area (Å²) in [6.07, 6.45) is 0.928. The molecule has 1 aliphatic heterocycles. The van der Waals surface area contributed by atoms with Gasteiger partial charge in [-0.15, -0.1) is 0 Å². The number of hydrogen-bond donors (Lipinski definition) is 1. The van der Waals surface area contributed by atoms with Gasteiger partial charge in [-0.05, 0) is 12.5 Å². The van der Waals surface area contributed by atoms with Crippen LogP contribution in [0.15, 0.2) is 6.07 Å². The number of carbonyl (C=O) groups excluding carboxylic acids is 3. The van der Waals surface area contributed by atoms with Crippen molar-refractivity contribution in [1.29, 1.82) is 0 Å². The monoisotopic (exact) mass is 349 g/mol. The molecular weight excluding hydrogens is 322 g/mol. The summed E-state index contributed by atoms with van der Waals surface area (Å²) in [5.74, 6) is -0.643. The van der Waals surface area contributed by atoms with E-state index >= 15 is 0 Å². The van der Waals surface area contributed by atoms with Crippen molar-refractivity contribution in [2.45, 2.75) is 45.4 Å². The Hall–Kier alpha value is -2.38. The first-order valence-corrected chi connectivity index (χ1v) is 8.52. The number of hydrogen-bond acceptors (Lipinski definition) is 4. The summed E-state index contributed by atoms with van der Waals surface area (Å²) < 4.78 is 1.56. The fourth-order valence-electron chi connectivity index (χ4n) is 2.72. The summed E-state index contributed by atoms with van der Waals surface area (Å²) in [5, 5.41) is 9.84. The van der Waals surface area contributed by atoms with Gasteiger partial charge in [0.1, 0.15) is 5.69 Å². The molecule has 0 atom stereocenters. The summed E-state index contributed by atoms with van der Waals surface area (Å²) in [7, 11) is 3.27. The van der Waals surface area contributed by atoms with Crippen LogP contribution in [-0.4, -0.2) is 57.7 Å². The second kappa shape index (κ2) is 7.25. The van der Waals surface area contributed by atoms with Crippen LogP contribution in [0.25, 0.3) is 0 Å². The number of rotatable bonds is 4. The molecule has 8 heteroatoms. The molecule has 2 rings (SSSR count). The molecule has 3 amide bonds. The van der Waals surface area contributed by atoms with E-state index < -0.39 is 0 Å². The van der Waals surface area contributed by atoms with E-state index in [0.717, 1.165) is 12.1 Å². The second-order valence-electron chi connectivity index (χ2n) is 7.26. The van der Waals surface area contributed by atoms with E-state index in [4.69, 9.17) is 0 Å². The minimum Gasteiger partial charge on any atom is -0.359 e. The number of carbonyl (C=O) groups is 3. The van der Waals surface area contributed by atoms with Crippen molar-refractivity contribution in [2.24, 2.45) is 7.05 Å². The minimum atomic E-state index is -0.240. The fourth-order valence-corrected chi connectivity index (χ4v) is 2.72. The van der Waals surface area contributed by atoms with Crippen LogP contribution in [0.5, 0.6) is 0 Å². The largest absolute Gasteiger partial charge is 0.359 e. The van der Waals surface area contributed by atoms with Gasteiger partial charge in [0.05, 0.1) is 5.69 Å². The average molecular weight is 349 g/mol. The van der Waals surface area contributed by atoms with Crippen molar-refractivity contribution >= 4 is 17.7 Å². The van der Waals surface area contributed by atoms with Crippen molar-refractivity contribution in [3.05, 3.63) is 17.5 Å². The Morgan fingerprint density at radius 3 is 2.36 bits per heavy atom. The van der Waals surface area contributed by atoms with Crippen molar-refractivity contribution in [2.75, 3.05) is 20.1 Å². The van der Waals surface area contributed by atoms with E-state index in [1.807, 2.05) is 20.8 Å². The SMILES string of the molecule is CNC(=O)CCC(=O)N1CCCN1C(=O)c1cc(C(C)(C)C)nn1C. The van der Waals surface area contributed by atoms with Crippen molar-refractivity contribution in [3.63, 3.8) is 0 Å². The number of aromatic nitrogens is 2. The molecule has 0 aromatic carbocycles. The molecule has 0 unspecified atom stereocenters. The first-order valence-electron chi connectivity index (χ1n) is 8.52. The third-order valence-corrected chi connectivity index (χ3v) is 4.27.